The molecule has 0 bridgehead atoms. The van der Waals surface area contributed by atoms with Crippen molar-refractivity contribution in [1.29, 1.82) is 0 Å². The number of thioether (sulfide) groups is 1. The molecule has 1 atom stereocenters. The molecule has 126 valence electrons. The van der Waals surface area contributed by atoms with Crippen molar-refractivity contribution in [3.05, 3.63) is 58.1 Å². The second kappa shape index (κ2) is 7.71. The first-order valence-corrected chi connectivity index (χ1v) is 9.24. The van der Waals surface area contributed by atoms with Gasteiger partial charge in [0.15, 0.2) is 0 Å². The number of carbonyl (C=O) groups excluding carboxylic acids is 1. The third-order valence-electron chi connectivity index (χ3n) is 4.67. The molecule has 5 heteroatoms. The number of hydrogen-bond acceptors (Lipinski definition) is 3. The molecule has 1 N–H and O–H groups in total. The van der Waals surface area contributed by atoms with E-state index in [4.69, 9.17) is 0 Å². The van der Waals surface area contributed by atoms with Gasteiger partial charge < -0.3 is 5.11 Å². The first kappa shape index (κ1) is 16.8. The predicted molar refractivity (Wildman–Crippen MR) is 95.1 cm³/mol. The summed E-state index contributed by atoms with van der Waals surface area (Å²) in [7, 11) is 0. The lowest BCUT2D eigenvalue weighted by molar-refractivity contribution is -0.138. The van der Waals surface area contributed by atoms with Crippen LogP contribution in [-0.2, 0) is 22.4 Å². The van der Waals surface area contributed by atoms with E-state index < -0.39 is 5.97 Å². The molecule has 0 saturated carbocycles. The number of amides is 1. The minimum Gasteiger partial charge on any atom is -0.477 e. The second-order valence-corrected chi connectivity index (χ2v) is 7.04. The van der Waals surface area contributed by atoms with Crippen molar-refractivity contribution in [2.24, 2.45) is 5.92 Å². The molecule has 3 rings (SSSR count). The van der Waals surface area contributed by atoms with Crippen LogP contribution in [0.2, 0.25) is 0 Å². The number of benzene rings is 1. The van der Waals surface area contributed by atoms with E-state index in [9.17, 15) is 14.7 Å². The number of aliphatic carboxylic acids is 1. The van der Waals surface area contributed by atoms with Crippen molar-refractivity contribution in [3.8, 4) is 0 Å². The molecule has 0 saturated heterocycles. The van der Waals surface area contributed by atoms with E-state index in [0.717, 1.165) is 25.7 Å². The van der Waals surface area contributed by atoms with Gasteiger partial charge in [0.1, 0.15) is 5.70 Å². The van der Waals surface area contributed by atoms with Gasteiger partial charge in [-0.3, -0.25) is 9.69 Å². The highest BCUT2D eigenvalue weighted by Gasteiger charge is 2.24. The number of nitrogens with zero attached hydrogens (tertiary/aromatic N) is 1. The van der Waals surface area contributed by atoms with Crippen LogP contribution in [0.4, 0.5) is 0 Å². The number of carboxylic acids is 1. The molecule has 1 heterocycles. The molecule has 1 aliphatic heterocycles. The van der Waals surface area contributed by atoms with Gasteiger partial charge in [0.05, 0.1) is 0 Å². The summed E-state index contributed by atoms with van der Waals surface area (Å²) in [5.41, 5.74) is 2.93. The minimum absolute atomic E-state index is 0.0408. The Kier molecular flexibility index (Phi) is 5.41. The normalized spacial score (nSPS) is 19.6. The van der Waals surface area contributed by atoms with Gasteiger partial charge in [-0.1, -0.05) is 24.3 Å². The number of carbonyl (C=O) groups is 2. The number of carboxylic acid groups (broad SMARTS) is 1. The summed E-state index contributed by atoms with van der Waals surface area (Å²) in [6.45, 7) is 0. The molecule has 2 aliphatic rings. The van der Waals surface area contributed by atoms with Crippen molar-refractivity contribution < 1.29 is 14.7 Å². The van der Waals surface area contributed by atoms with Crippen LogP contribution in [0, 0.1) is 5.92 Å². The maximum absolute atomic E-state index is 12.3. The SMILES string of the molecule is O=C(O)C1=CSC=CN1C(=O)CCCC1CCc2ccccc2C1. The highest BCUT2D eigenvalue weighted by molar-refractivity contribution is 8.05. The quantitative estimate of drug-likeness (QED) is 0.880. The summed E-state index contributed by atoms with van der Waals surface area (Å²) in [6.07, 6.45) is 7.13. The molecular weight excluding hydrogens is 322 g/mol. The predicted octanol–water partition coefficient (Wildman–Crippen LogP) is 3.93. The number of fused-ring (bicyclic) bond motifs is 1. The zero-order valence-corrected chi connectivity index (χ0v) is 14.3. The molecule has 1 amide bonds. The summed E-state index contributed by atoms with van der Waals surface area (Å²) in [5.74, 6) is -0.588. The van der Waals surface area contributed by atoms with Gasteiger partial charge in [-0.05, 0) is 54.6 Å². The van der Waals surface area contributed by atoms with E-state index in [1.54, 1.807) is 11.6 Å². The summed E-state index contributed by atoms with van der Waals surface area (Å²) in [5, 5.41) is 12.4. The van der Waals surface area contributed by atoms with E-state index in [0.29, 0.717) is 12.3 Å². The monoisotopic (exact) mass is 343 g/mol. The second-order valence-electron chi connectivity index (χ2n) is 6.26. The Labute approximate surface area is 146 Å². The van der Waals surface area contributed by atoms with E-state index in [1.807, 2.05) is 0 Å². The van der Waals surface area contributed by atoms with Crippen molar-refractivity contribution >= 4 is 23.6 Å². The molecule has 1 aliphatic carbocycles. The molecule has 0 fully saturated rings. The first-order chi connectivity index (χ1) is 11.6. The van der Waals surface area contributed by atoms with Gasteiger partial charge in [0.2, 0.25) is 5.91 Å². The molecule has 1 aromatic rings. The third-order valence-corrected chi connectivity index (χ3v) is 5.31. The van der Waals surface area contributed by atoms with Gasteiger partial charge in [-0.25, -0.2) is 4.79 Å². The zero-order chi connectivity index (χ0) is 16.9. The average molecular weight is 343 g/mol. The maximum Gasteiger partial charge on any atom is 0.353 e. The molecule has 0 radical (unpaired) electrons. The summed E-state index contributed by atoms with van der Waals surface area (Å²) >= 11 is 1.28. The number of hydrogen-bond donors (Lipinski definition) is 1. The first-order valence-electron chi connectivity index (χ1n) is 8.29. The van der Waals surface area contributed by atoms with Crippen LogP contribution in [-0.4, -0.2) is 21.9 Å². The Morgan fingerprint density at radius 3 is 2.83 bits per heavy atom. The fraction of sp³-hybridized carbons (Fsp3) is 0.368. The lowest BCUT2D eigenvalue weighted by Crippen LogP contribution is -2.29. The molecule has 24 heavy (non-hydrogen) atoms. The van der Waals surface area contributed by atoms with E-state index in [1.165, 1.54) is 39.6 Å². The highest BCUT2D eigenvalue weighted by Crippen LogP contribution is 2.29. The highest BCUT2D eigenvalue weighted by atomic mass is 32.2. The van der Waals surface area contributed by atoms with E-state index >= 15 is 0 Å². The lowest BCUT2D eigenvalue weighted by Gasteiger charge is -2.25. The maximum atomic E-state index is 12.3. The average Bonchev–Trinajstić information content (AvgIpc) is 2.61. The van der Waals surface area contributed by atoms with Crippen molar-refractivity contribution in [2.75, 3.05) is 0 Å². The molecule has 0 aromatic heterocycles. The van der Waals surface area contributed by atoms with Crippen LogP contribution in [0.5, 0.6) is 0 Å². The van der Waals surface area contributed by atoms with Crippen LogP contribution < -0.4 is 0 Å². The van der Waals surface area contributed by atoms with Crippen molar-refractivity contribution in [1.82, 2.24) is 4.90 Å². The van der Waals surface area contributed by atoms with Gasteiger partial charge in [-0.15, -0.1) is 11.8 Å². The van der Waals surface area contributed by atoms with E-state index in [-0.39, 0.29) is 11.6 Å². The van der Waals surface area contributed by atoms with Crippen LogP contribution in [0.15, 0.2) is 47.0 Å². The fourth-order valence-electron chi connectivity index (χ4n) is 3.39. The van der Waals surface area contributed by atoms with Gasteiger partial charge in [-0.2, -0.15) is 0 Å². The summed E-state index contributed by atoms with van der Waals surface area (Å²) in [6, 6.07) is 8.59. The van der Waals surface area contributed by atoms with Crippen LogP contribution in [0.25, 0.3) is 0 Å². The zero-order valence-electron chi connectivity index (χ0n) is 13.5. The molecule has 4 nitrogen and oxygen atoms in total. The Bertz CT molecular complexity index is 696. The van der Waals surface area contributed by atoms with Crippen molar-refractivity contribution in [3.63, 3.8) is 0 Å². The molecule has 1 unspecified atom stereocenters. The Morgan fingerprint density at radius 2 is 2.04 bits per heavy atom. The lowest BCUT2D eigenvalue weighted by atomic mass is 9.81. The topological polar surface area (TPSA) is 57.6 Å². The van der Waals surface area contributed by atoms with Crippen molar-refractivity contribution in [2.45, 2.75) is 38.5 Å². The van der Waals surface area contributed by atoms with Crippen LogP contribution in [0.3, 0.4) is 0 Å². The minimum atomic E-state index is -1.07. The molecule has 0 spiro atoms. The van der Waals surface area contributed by atoms with E-state index in [2.05, 4.69) is 24.3 Å². The summed E-state index contributed by atoms with van der Waals surface area (Å²) < 4.78 is 0. The van der Waals surface area contributed by atoms with Gasteiger partial charge in [0.25, 0.3) is 0 Å². The Hall–Kier alpha value is -2.01. The fourth-order valence-corrected chi connectivity index (χ4v) is 4.00. The number of aryl methyl sites for hydroxylation is 1. The van der Waals surface area contributed by atoms with Gasteiger partial charge in [0, 0.05) is 18.0 Å². The van der Waals surface area contributed by atoms with Crippen LogP contribution in [0.1, 0.15) is 36.8 Å². The molecule has 1 aromatic carbocycles. The van der Waals surface area contributed by atoms with Crippen LogP contribution >= 0.6 is 11.8 Å². The third kappa shape index (κ3) is 3.90. The smallest absolute Gasteiger partial charge is 0.353 e. The largest absolute Gasteiger partial charge is 0.477 e. The molecular formula is C19H21NO3S. The summed E-state index contributed by atoms with van der Waals surface area (Å²) in [4.78, 5) is 24.8. The standard InChI is InChI=1S/C19H21NO3S/c21-18(20-10-11-24-13-17(20)19(22)23)7-3-4-14-8-9-15-5-1-2-6-16(15)12-14/h1-2,5-6,10-11,13-14H,3-4,7-9,12H2,(H,22,23). The Morgan fingerprint density at radius 1 is 1.25 bits per heavy atom. The van der Waals surface area contributed by atoms with Gasteiger partial charge >= 0.3 is 5.97 Å². The Balaban J connectivity index is 1.49. The number of rotatable bonds is 5.